The molecule has 0 spiro atoms. The predicted octanol–water partition coefficient (Wildman–Crippen LogP) is 4.06. The van der Waals surface area contributed by atoms with Crippen LogP contribution in [0.4, 0.5) is 0 Å². The monoisotopic (exact) mass is 276 g/mol. The molecule has 110 valence electrons. The van der Waals surface area contributed by atoms with Crippen LogP contribution in [0.15, 0.2) is 24.3 Å². The predicted molar refractivity (Wildman–Crippen MR) is 79.0 cm³/mol. The number of benzene rings is 1. The molecule has 2 rings (SSSR count). The van der Waals surface area contributed by atoms with Crippen molar-refractivity contribution in [3.63, 3.8) is 0 Å². The van der Waals surface area contributed by atoms with Crippen molar-refractivity contribution < 1.29 is 14.3 Å². The van der Waals surface area contributed by atoms with Crippen LogP contribution in [0.2, 0.25) is 0 Å². The normalized spacial score (nSPS) is 22.3. The standard InChI is InChI=1S/C17H24O3/c1-3-12-19-15-10-8-14(9-11-15)16-6-4-5-7-17(16)20-13(2)18/h8-11,16-17H,3-7,12H2,1-2H3/t16-,17+/m0/s1. The molecule has 1 aromatic carbocycles. The second-order valence-electron chi connectivity index (χ2n) is 5.46. The fraction of sp³-hybridized carbons (Fsp3) is 0.588. The van der Waals surface area contributed by atoms with Crippen molar-refractivity contribution in [3.8, 4) is 5.75 Å². The number of esters is 1. The highest BCUT2D eigenvalue weighted by atomic mass is 16.5. The molecule has 0 saturated heterocycles. The van der Waals surface area contributed by atoms with E-state index in [0.717, 1.165) is 38.0 Å². The molecular weight excluding hydrogens is 252 g/mol. The summed E-state index contributed by atoms with van der Waals surface area (Å²) in [4.78, 5) is 11.2. The summed E-state index contributed by atoms with van der Waals surface area (Å²) in [7, 11) is 0. The molecule has 0 aliphatic heterocycles. The van der Waals surface area contributed by atoms with Crippen molar-refractivity contribution in [1.29, 1.82) is 0 Å². The van der Waals surface area contributed by atoms with Gasteiger partial charge >= 0.3 is 5.97 Å². The highest BCUT2D eigenvalue weighted by molar-refractivity contribution is 5.66. The lowest BCUT2D eigenvalue weighted by atomic mass is 9.81. The maximum absolute atomic E-state index is 11.2. The van der Waals surface area contributed by atoms with Gasteiger partial charge in [0.2, 0.25) is 0 Å². The summed E-state index contributed by atoms with van der Waals surface area (Å²) in [5.41, 5.74) is 1.25. The first-order chi connectivity index (χ1) is 9.70. The average molecular weight is 276 g/mol. The third kappa shape index (κ3) is 3.99. The maximum atomic E-state index is 11.2. The number of carbonyl (C=O) groups is 1. The fourth-order valence-corrected chi connectivity index (χ4v) is 2.86. The molecule has 0 N–H and O–H groups in total. The zero-order valence-electron chi connectivity index (χ0n) is 12.4. The molecule has 3 nitrogen and oxygen atoms in total. The Balaban J connectivity index is 2.05. The van der Waals surface area contributed by atoms with Crippen LogP contribution in [0, 0.1) is 0 Å². The second kappa shape index (κ2) is 7.32. The number of carbonyl (C=O) groups excluding carboxylic acids is 1. The van der Waals surface area contributed by atoms with Crippen LogP contribution in [0.3, 0.4) is 0 Å². The van der Waals surface area contributed by atoms with Gasteiger partial charge in [0.1, 0.15) is 11.9 Å². The Morgan fingerprint density at radius 2 is 1.90 bits per heavy atom. The first kappa shape index (κ1) is 14.9. The average Bonchev–Trinajstić information content (AvgIpc) is 2.46. The van der Waals surface area contributed by atoms with Gasteiger partial charge in [-0.3, -0.25) is 4.79 Å². The van der Waals surface area contributed by atoms with Crippen molar-refractivity contribution in [2.45, 2.75) is 58.0 Å². The van der Waals surface area contributed by atoms with E-state index in [1.807, 2.05) is 12.1 Å². The highest BCUT2D eigenvalue weighted by Gasteiger charge is 2.28. The molecule has 20 heavy (non-hydrogen) atoms. The van der Waals surface area contributed by atoms with E-state index in [2.05, 4.69) is 19.1 Å². The molecule has 0 unspecified atom stereocenters. The van der Waals surface area contributed by atoms with Gasteiger partial charge in [0.05, 0.1) is 6.61 Å². The lowest BCUT2D eigenvalue weighted by Crippen LogP contribution is -2.27. The lowest BCUT2D eigenvalue weighted by Gasteiger charge is -2.31. The Morgan fingerprint density at radius 1 is 1.20 bits per heavy atom. The molecule has 3 heteroatoms. The molecule has 2 atom stereocenters. The Morgan fingerprint density at radius 3 is 2.55 bits per heavy atom. The Hall–Kier alpha value is -1.51. The van der Waals surface area contributed by atoms with Gasteiger partial charge in [0.15, 0.2) is 0 Å². The van der Waals surface area contributed by atoms with Crippen molar-refractivity contribution >= 4 is 5.97 Å². The highest BCUT2D eigenvalue weighted by Crippen LogP contribution is 2.35. The first-order valence-corrected chi connectivity index (χ1v) is 7.60. The molecule has 0 amide bonds. The summed E-state index contributed by atoms with van der Waals surface area (Å²) in [6.07, 6.45) is 5.45. The quantitative estimate of drug-likeness (QED) is 0.761. The van der Waals surface area contributed by atoms with Gasteiger partial charge in [-0.1, -0.05) is 25.5 Å². The lowest BCUT2D eigenvalue weighted by molar-refractivity contribution is -0.148. The van der Waals surface area contributed by atoms with E-state index >= 15 is 0 Å². The van der Waals surface area contributed by atoms with E-state index in [1.165, 1.54) is 18.9 Å². The molecule has 0 aromatic heterocycles. The molecule has 0 heterocycles. The van der Waals surface area contributed by atoms with Gasteiger partial charge in [-0.05, 0) is 43.4 Å². The summed E-state index contributed by atoms with van der Waals surface area (Å²) in [5.74, 6) is 1.06. The van der Waals surface area contributed by atoms with E-state index in [-0.39, 0.29) is 12.1 Å². The topological polar surface area (TPSA) is 35.5 Å². The van der Waals surface area contributed by atoms with Crippen LogP contribution in [0.5, 0.6) is 5.75 Å². The largest absolute Gasteiger partial charge is 0.494 e. The van der Waals surface area contributed by atoms with E-state index in [0.29, 0.717) is 5.92 Å². The summed E-state index contributed by atoms with van der Waals surface area (Å²) in [5, 5.41) is 0. The fourth-order valence-electron chi connectivity index (χ4n) is 2.86. The van der Waals surface area contributed by atoms with Crippen LogP contribution in [-0.4, -0.2) is 18.7 Å². The van der Waals surface area contributed by atoms with Crippen LogP contribution in [-0.2, 0) is 9.53 Å². The Kier molecular flexibility index (Phi) is 5.45. The van der Waals surface area contributed by atoms with E-state index in [4.69, 9.17) is 9.47 Å². The van der Waals surface area contributed by atoms with Crippen molar-refractivity contribution in [1.82, 2.24) is 0 Å². The number of hydrogen-bond donors (Lipinski definition) is 0. The smallest absolute Gasteiger partial charge is 0.302 e. The van der Waals surface area contributed by atoms with Crippen molar-refractivity contribution in [2.75, 3.05) is 6.61 Å². The van der Waals surface area contributed by atoms with Crippen LogP contribution in [0.1, 0.15) is 57.4 Å². The molecule has 1 aromatic rings. The van der Waals surface area contributed by atoms with Crippen molar-refractivity contribution in [3.05, 3.63) is 29.8 Å². The first-order valence-electron chi connectivity index (χ1n) is 7.60. The third-order valence-electron chi connectivity index (χ3n) is 3.80. The number of hydrogen-bond acceptors (Lipinski definition) is 3. The zero-order chi connectivity index (χ0) is 14.4. The van der Waals surface area contributed by atoms with Crippen molar-refractivity contribution in [2.24, 2.45) is 0 Å². The molecule has 1 saturated carbocycles. The molecule has 0 radical (unpaired) electrons. The second-order valence-corrected chi connectivity index (χ2v) is 5.46. The van der Waals surface area contributed by atoms with Crippen LogP contribution >= 0.6 is 0 Å². The Labute approximate surface area is 121 Å². The molecular formula is C17H24O3. The zero-order valence-corrected chi connectivity index (χ0v) is 12.4. The van der Waals surface area contributed by atoms with Gasteiger partial charge in [-0.15, -0.1) is 0 Å². The van der Waals surface area contributed by atoms with Crippen LogP contribution < -0.4 is 4.74 Å². The summed E-state index contributed by atoms with van der Waals surface area (Å²) >= 11 is 0. The van der Waals surface area contributed by atoms with Gasteiger partial charge in [-0.25, -0.2) is 0 Å². The van der Waals surface area contributed by atoms with E-state index in [9.17, 15) is 4.79 Å². The van der Waals surface area contributed by atoms with E-state index < -0.39 is 0 Å². The van der Waals surface area contributed by atoms with Gasteiger partial charge in [-0.2, -0.15) is 0 Å². The summed E-state index contributed by atoms with van der Waals surface area (Å²) in [6, 6.07) is 8.25. The maximum Gasteiger partial charge on any atom is 0.302 e. The molecule has 1 fully saturated rings. The Bertz CT molecular complexity index is 424. The van der Waals surface area contributed by atoms with Gasteiger partial charge in [0, 0.05) is 12.8 Å². The molecule has 0 bridgehead atoms. The minimum Gasteiger partial charge on any atom is -0.494 e. The third-order valence-corrected chi connectivity index (χ3v) is 3.80. The summed E-state index contributed by atoms with van der Waals surface area (Å²) < 4.78 is 11.1. The van der Waals surface area contributed by atoms with Gasteiger partial charge < -0.3 is 9.47 Å². The number of ether oxygens (including phenoxy) is 2. The minimum absolute atomic E-state index is 0.0312. The SMILES string of the molecule is CCCOc1ccc([C@@H]2CCCC[C@H]2OC(C)=O)cc1. The minimum atomic E-state index is -0.176. The molecule has 1 aliphatic rings. The number of rotatable bonds is 5. The molecule has 1 aliphatic carbocycles. The summed E-state index contributed by atoms with van der Waals surface area (Å²) in [6.45, 7) is 4.34. The van der Waals surface area contributed by atoms with Crippen LogP contribution in [0.25, 0.3) is 0 Å². The van der Waals surface area contributed by atoms with E-state index in [1.54, 1.807) is 0 Å². The van der Waals surface area contributed by atoms with Gasteiger partial charge in [0.25, 0.3) is 0 Å².